The maximum absolute atomic E-state index is 13.3. The minimum Gasteiger partial charge on any atom is -0.476 e. The van der Waals surface area contributed by atoms with E-state index in [0.717, 1.165) is 6.26 Å². The van der Waals surface area contributed by atoms with Gasteiger partial charge in [-0.15, -0.1) is 0 Å². The molecule has 0 bridgehead atoms. The summed E-state index contributed by atoms with van der Waals surface area (Å²) >= 11 is 0. The molecule has 0 saturated heterocycles. The summed E-state index contributed by atoms with van der Waals surface area (Å²) in [5.74, 6) is -0.514. The fourth-order valence-corrected chi connectivity index (χ4v) is 3.25. The summed E-state index contributed by atoms with van der Waals surface area (Å²) in [4.78, 5) is 14.2. The highest BCUT2D eigenvalue weighted by molar-refractivity contribution is 7.92. The van der Waals surface area contributed by atoms with Crippen LogP contribution in [0.25, 0.3) is 0 Å². The number of halogens is 1. The molecule has 2 aromatic rings. The molecule has 9 heteroatoms. The van der Waals surface area contributed by atoms with Crippen molar-refractivity contribution in [2.75, 3.05) is 21.6 Å². The summed E-state index contributed by atoms with van der Waals surface area (Å²) < 4.78 is 44.4. The maximum Gasteiger partial charge on any atom is 0.275 e. The Morgan fingerprint density at radius 3 is 2.38 bits per heavy atom. The fraction of sp³-hybridized carbons (Fsp3) is 0.235. The van der Waals surface area contributed by atoms with Crippen LogP contribution in [0.2, 0.25) is 0 Å². The number of carbonyl (C=O) groups excluding carboxylic acids is 1. The van der Waals surface area contributed by atoms with Crippen molar-refractivity contribution in [3.05, 3.63) is 42.2 Å². The van der Waals surface area contributed by atoms with Gasteiger partial charge < -0.3 is 10.5 Å². The van der Waals surface area contributed by atoms with E-state index in [0.29, 0.717) is 11.4 Å². The molecule has 3 N–H and O–H groups in total. The van der Waals surface area contributed by atoms with E-state index < -0.39 is 21.4 Å². The molecule has 26 heavy (non-hydrogen) atoms. The van der Waals surface area contributed by atoms with Crippen LogP contribution in [0.4, 0.5) is 27.1 Å². The van der Waals surface area contributed by atoms with Gasteiger partial charge in [0.25, 0.3) is 5.91 Å². The van der Waals surface area contributed by atoms with E-state index in [-0.39, 0.29) is 23.0 Å². The molecular formula is C17H18FN3O4S. The number of nitrogens with two attached hydrogens (primary N) is 1. The second-order valence-electron chi connectivity index (χ2n) is 6.51. The number of benzene rings is 2. The Morgan fingerprint density at radius 2 is 1.81 bits per heavy atom. The molecule has 1 aliphatic rings. The lowest BCUT2D eigenvalue weighted by atomic mass is 10.0. The quantitative estimate of drug-likeness (QED) is 0.798. The molecule has 0 spiro atoms. The molecule has 0 radical (unpaired) electrons. The topological polar surface area (TPSA) is 102 Å². The van der Waals surface area contributed by atoms with Gasteiger partial charge in [0.15, 0.2) is 5.60 Å². The van der Waals surface area contributed by atoms with Gasteiger partial charge in [-0.3, -0.25) is 14.4 Å². The summed E-state index contributed by atoms with van der Waals surface area (Å²) in [6.45, 7) is 3.18. The van der Waals surface area contributed by atoms with Crippen LogP contribution in [0.5, 0.6) is 5.75 Å². The highest BCUT2D eigenvalue weighted by Crippen LogP contribution is 2.45. The number of nitrogens with one attached hydrogen (secondary N) is 1. The predicted octanol–water partition coefficient (Wildman–Crippen LogP) is 2.62. The van der Waals surface area contributed by atoms with Gasteiger partial charge in [-0.25, -0.2) is 12.8 Å². The van der Waals surface area contributed by atoms with Crippen LogP contribution in [-0.2, 0) is 14.8 Å². The van der Waals surface area contributed by atoms with E-state index >= 15 is 0 Å². The van der Waals surface area contributed by atoms with Gasteiger partial charge in [0.1, 0.15) is 11.6 Å². The number of carbonyl (C=O) groups is 1. The summed E-state index contributed by atoms with van der Waals surface area (Å²) in [7, 11) is -3.54. The fourth-order valence-electron chi connectivity index (χ4n) is 2.67. The Hall–Kier alpha value is -2.81. The van der Waals surface area contributed by atoms with E-state index in [1.54, 1.807) is 13.8 Å². The third-order valence-corrected chi connectivity index (χ3v) is 4.43. The molecule has 0 atom stereocenters. The Labute approximate surface area is 150 Å². The average Bonchev–Trinajstić information content (AvgIpc) is 2.50. The van der Waals surface area contributed by atoms with Gasteiger partial charge in [0.05, 0.1) is 23.3 Å². The van der Waals surface area contributed by atoms with Crippen LogP contribution in [-0.4, -0.2) is 26.2 Å². The van der Waals surface area contributed by atoms with E-state index in [4.69, 9.17) is 10.5 Å². The number of sulfonamides is 1. The Kier molecular flexibility index (Phi) is 4.06. The number of hydrogen-bond donors (Lipinski definition) is 2. The summed E-state index contributed by atoms with van der Waals surface area (Å²) in [6, 6.07) is 8.30. The van der Waals surface area contributed by atoms with Crippen molar-refractivity contribution < 1.29 is 22.3 Å². The third kappa shape index (κ3) is 3.30. The molecule has 138 valence electrons. The monoisotopic (exact) mass is 379 g/mol. The Balaban J connectivity index is 2.18. The first-order valence-corrected chi connectivity index (χ1v) is 9.57. The minimum absolute atomic E-state index is 0.123. The number of fused-ring (bicyclic) bond motifs is 1. The lowest BCUT2D eigenvalue weighted by Crippen LogP contribution is -2.50. The van der Waals surface area contributed by atoms with Crippen molar-refractivity contribution in [1.82, 2.24) is 0 Å². The number of hydrogen-bond acceptors (Lipinski definition) is 5. The van der Waals surface area contributed by atoms with Crippen LogP contribution < -0.4 is 20.1 Å². The molecule has 1 amide bonds. The van der Waals surface area contributed by atoms with E-state index in [1.807, 2.05) is 0 Å². The van der Waals surface area contributed by atoms with Gasteiger partial charge in [0.2, 0.25) is 10.0 Å². The zero-order valence-corrected chi connectivity index (χ0v) is 15.2. The lowest BCUT2D eigenvalue weighted by Gasteiger charge is -2.39. The van der Waals surface area contributed by atoms with Crippen LogP contribution in [0, 0.1) is 5.82 Å². The molecule has 0 aromatic heterocycles. The largest absolute Gasteiger partial charge is 0.476 e. The number of nitrogens with zero attached hydrogens (tertiary/aromatic N) is 1. The number of anilines is 4. The molecule has 2 aromatic carbocycles. The van der Waals surface area contributed by atoms with Gasteiger partial charge in [0, 0.05) is 11.8 Å². The van der Waals surface area contributed by atoms with E-state index in [2.05, 4.69) is 4.72 Å². The molecule has 7 nitrogen and oxygen atoms in total. The van der Waals surface area contributed by atoms with Crippen LogP contribution >= 0.6 is 0 Å². The molecule has 0 fully saturated rings. The van der Waals surface area contributed by atoms with Crippen molar-refractivity contribution >= 4 is 38.7 Å². The van der Waals surface area contributed by atoms with Crippen molar-refractivity contribution in [3.8, 4) is 5.75 Å². The van der Waals surface area contributed by atoms with Crippen LogP contribution in [0.15, 0.2) is 36.4 Å². The molecule has 0 unspecified atom stereocenters. The molecule has 1 heterocycles. The highest BCUT2D eigenvalue weighted by atomic mass is 32.2. The van der Waals surface area contributed by atoms with Crippen molar-refractivity contribution in [2.24, 2.45) is 0 Å². The second-order valence-corrected chi connectivity index (χ2v) is 8.26. The van der Waals surface area contributed by atoms with Gasteiger partial charge in [-0.2, -0.15) is 0 Å². The maximum atomic E-state index is 13.3. The average molecular weight is 379 g/mol. The van der Waals surface area contributed by atoms with E-state index in [9.17, 15) is 17.6 Å². The van der Waals surface area contributed by atoms with Crippen molar-refractivity contribution in [2.45, 2.75) is 19.4 Å². The standard InChI is InChI=1S/C17H18FN3O4S/c1-17(2)16(22)21(11-6-4-10(18)5-7-11)14-8-12(19)13(9-15(14)25-17)20-26(3,23)24/h4-9,20H,19H2,1-3H3. The normalized spacial score (nSPS) is 16.0. The molecule has 3 rings (SSSR count). The van der Waals surface area contributed by atoms with Gasteiger partial charge in [-0.05, 0) is 44.2 Å². The number of nitrogen functional groups attached to an aromatic ring is 1. The predicted molar refractivity (Wildman–Crippen MR) is 97.6 cm³/mol. The second kappa shape index (κ2) is 5.87. The minimum atomic E-state index is -3.54. The molecule has 1 aliphatic heterocycles. The number of ether oxygens (including phenoxy) is 1. The highest BCUT2D eigenvalue weighted by Gasteiger charge is 2.42. The van der Waals surface area contributed by atoms with E-state index in [1.165, 1.54) is 41.3 Å². The van der Waals surface area contributed by atoms with Crippen molar-refractivity contribution in [1.29, 1.82) is 0 Å². The summed E-state index contributed by atoms with van der Waals surface area (Å²) in [6.07, 6.45) is 1.00. The van der Waals surface area contributed by atoms with Crippen LogP contribution in [0.3, 0.4) is 0 Å². The summed E-state index contributed by atoms with van der Waals surface area (Å²) in [5.41, 5.74) is 5.80. The Morgan fingerprint density at radius 1 is 1.19 bits per heavy atom. The Bertz CT molecular complexity index is 988. The zero-order chi connectivity index (χ0) is 19.3. The molecular weight excluding hydrogens is 361 g/mol. The smallest absolute Gasteiger partial charge is 0.275 e. The van der Waals surface area contributed by atoms with Gasteiger partial charge >= 0.3 is 0 Å². The van der Waals surface area contributed by atoms with Crippen LogP contribution in [0.1, 0.15) is 13.8 Å². The number of amides is 1. The first-order valence-electron chi connectivity index (χ1n) is 7.68. The lowest BCUT2D eigenvalue weighted by molar-refractivity contribution is -0.131. The third-order valence-electron chi connectivity index (χ3n) is 3.84. The summed E-state index contributed by atoms with van der Waals surface area (Å²) in [5, 5.41) is 0. The number of rotatable bonds is 3. The van der Waals surface area contributed by atoms with Gasteiger partial charge in [-0.1, -0.05) is 0 Å². The molecule has 0 saturated carbocycles. The van der Waals surface area contributed by atoms with Crippen molar-refractivity contribution in [3.63, 3.8) is 0 Å². The first-order chi connectivity index (χ1) is 12.0. The SMILES string of the molecule is CC1(C)Oc2cc(NS(C)(=O)=O)c(N)cc2N(c2ccc(F)cc2)C1=O. The first kappa shape index (κ1) is 18.0. The zero-order valence-electron chi connectivity index (χ0n) is 14.4. The molecule has 0 aliphatic carbocycles.